The predicted molar refractivity (Wildman–Crippen MR) is 154 cm³/mol. The molecule has 6 nitrogen and oxygen atoms in total. The molecule has 4 unspecified atom stereocenters. The summed E-state index contributed by atoms with van der Waals surface area (Å²) in [5.74, 6) is -3.76. The van der Waals surface area contributed by atoms with Gasteiger partial charge < -0.3 is 5.11 Å². The van der Waals surface area contributed by atoms with Gasteiger partial charge in [-0.05, 0) is 75.8 Å². The van der Waals surface area contributed by atoms with Crippen molar-refractivity contribution in [3.8, 4) is 5.75 Å². The summed E-state index contributed by atoms with van der Waals surface area (Å²) in [6, 6.07) is 17.5. The van der Waals surface area contributed by atoms with Crippen LogP contribution in [0.15, 0.2) is 94.0 Å². The number of ketones is 2. The number of Topliss-reactive ketones (excluding diaryl/α,β-unsaturated/α-hetero) is 1. The highest BCUT2D eigenvalue weighted by molar-refractivity contribution is 9.12. The number of amides is 2. The van der Waals surface area contributed by atoms with Gasteiger partial charge in [0.15, 0.2) is 11.6 Å². The van der Waals surface area contributed by atoms with E-state index in [0.717, 1.165) is 16.3 Å². The standard InChI is InChI=1S/C32H21BrClNO5/c33-23-14-25(37)28-22(30(23)38)13-21-19(29(28)27-18-4-2-1-3-15(18)5-12-24(27)36)10-11-20-26(21)32(40)35(31(20)39)17-8-6-16(34)7-9-17/h1-10,12,14,20-21,26,29,36H,11,13H2. The second-order valence-electron chi connectivity index (χ2n) is 10.6. The molecule has 40 heavy (non-hydrogen) atoms. The smallest absolute Gasteiger partial charge is 0.238 e. The van der Waals surface area contributed by atoms with Gasteiger partial charge in [-0.2, -0.15) is 0 Å². The first-order valence-corrected chi connectivity index (χ1v) is 14.2. The fraction of sp³-hybridized carbons (Fsp3) is 0.188. The number of imide groups is 1. The average molecular weight is 615 g/mol. The number of nitrogens with zero attached hydrogens (tertiary/aromatic N) is 1. The normalized spacial score (nSPS) is 26.0. The van der Waals surface area contributed by atoms with Crippen molar-refractivity contribution in [2.24, 2.45) is 17.8 Å². The summed E-state index contributed by atoms with van der Waals surface area (Å²) < 4.78 is 0.161. The Balaban J connectivity index is 1.42. The summed E-state index contributed by atoms with van der Waals surface area (Å²) in [5, 5.41) is 13.4. The van der Waals surface area contributed by atoms with Gasteiger partial charge in [0.2, 0.25) is 11.8 Å². The maximum Gasteiger partial charge on any atom is 0.238 e. The molecule has 1 fully saturated rings. The van der Waals surface area contributed by atoms with Crippen LogP contribution in [0.2, 0.25) is 5.02 Å². The topological polar surface area (TPSA) is 91.8 Å². The van der Waals surface area contributed by atoms with Gasteiger partial charge in [0, 0.05) is 33.7 Å². The number of anilines is 1. The number of phenolic OH excluding ortho intramolecular Hbond substituents is 1. The second kappa shape index (κ2) is 9.11. The number of fused-ring (bicyclic) bond motifs is 4. The van der Waals surface area contributed by atoms with Crippen molar-refractivity contribution in [1.29, 1.82) is 0 Å². The van der Waals surface area contributed by atoms with E-state index in [4.69, 9.17) is 11.6 Å². The van der Waals surface area contributed by atoms with E-state index in [1.807, 2.05) is 36.4 Å². The van der Waals surface area contributed by atoms with Gasteiger partial charge in [-0.3, -0.25) is 24.1 Å². The van der Waals surface area contributed by atoms with Crippen LogP contribution in [-0.2, 0) is 19.2 Å². The number of phenols is 1. The number of hydrogen-bond donors (Lipinski definition) is 1. The monoisotopic (exact) mass is 613 g/mol. The highest BCUT2D eigenvalue weighted by Gasteiger charge is 2.57. The SMILES string of the molecule is O=C1C=C(Br)C(=O)C2=C1C(c1c(O)ccc3ccccc13)C1=CCC3C(=O)N(c4ccc(Cl)cc4)C(=O)C3C1C2. The van der Waals surface area contributed by atoms with Gasteiger partial charge in [0.1, 0.15) is 5.75 Å². The van der Waals surface area contributed by atoms with E-state index in [-0.39, 0.29) is 40.0 Å². The highest BCUT2D eigenvalue weighted by Crippen LogP contribution is 2.57. The van der Waals surface area contributed by atoms with Crippen molar-refractivity contribution >= 4 is 67.4 Å². The molecule has 4 atom stereocenters. The molecular weight excluding hydrogens is 594 g/mol. The first kappa shape index (κ1) is 25.2. The quantitative estimate of drug-likeness (QED) is 0.212. The molecule has 2 amide bonds. The van der Waals surface area contributed by atoms with E-state index in [9.17, 15) is 24.3 Å². The third-order valence-corrected chi connectivity index (χ3v) is 9.49. The lowest BCUT2D eigenvalue weighted by molar-refractivity contribution is -0.123. The number of halogens is 2. The average Bonchev–Trinajstić information content (AvgIpc) is 3.21. The molecule has 3 aromatic carbocycles. The Bertz CT molecular complexity index is 1790. The molecule has 0 spiro atoms. The fourth-order valence-corrected chi connectivity index (χ4v) is 7.54. The van der Waals surface area contributed by atoms with E-state index in [1.54, 1.807) is 30.3 Å². The van der Waals surface area contributed by atoms with Crippen molar-refractivity contribution in [2.45, 2.75) is 18.8 Å². The molecule has 1 saturated heterocycles. The van der Waals surface area contributed by atoms with Crippen LogP contribution in [0.1, 0.15) is 24.3 Å². The molecule has 1 N–H and O–H groups in total. The van der Waals surface area contributed by atoms with Crippen molar-refractivity contribution in [2.75, 3.05) is 4.90 Å². The molecule has 8 heteroatoms. The van der Waals surface area contributed by atoms with E-state index in [2.05, 4.69) is 15.9 Å². The lowest BCUT2D eigenvalue weighted by Crippen LogP contribution is -2.39. The van der Waals surface area contributed by atoms with Crippen LogP contribution in [0.4, 0.5) is 5.69 Å². The van der Waals surface area contributed by atoms with Crippen LogP contribution in [0.5, 0.6) is 5.75 Å². The van der Waals surface area contributed by atoms with E-state index in [0.29, 0.717) is 33.8 Å². The lowest BCUT2D eigenvalue weighted by atomic mass is 9.59. The third-order valence-electron chi connectivity index (χ3n) is 8.65. The zero-order valence-electron chi connectivity index (χ0n) is 20.9. The summed E-state index contributed by atoms with van der Waals surface area (Å²) in [7, 11) is 0. The summed E-state index contributed by atoms with van der Waals surface area (Å²) >= 11 is 9.30. The number of rotatable bonds is 2. The molecule has 7 rings (SSSR count). The van der Waals surface area contributed by atoms with E-state index >= 15 is 0 Å². The molecule has 3 aliphatic carbocycles. The Morgan fingerprint density at radius 2 is 1.65 bits per heavy atom. The van der Waals surface area contributed by atoms with Crippen LogP contribution in [-0.4, -0.2) is 28.5 Å². The third kappa shape index (κ3) is 3.54. The lowest BCUT2D eigenvalue weighted by Gasteiger charge is -2.42. The molecule has 4 aliphatic rings. The molecular formula is C32H21BrClNO5. The molecule has 0 saturated carbocycles. The van der Waals surface area contributed by atoms with Gasteiger partial charge in [-0.25, -0.2) is 0 Å². The van der Waals surface area contributed by atoms with Gasteiger partial charge in [0.05, 0.1) is 22.0 Å². The van der Waals surface area contributed by atoms with Crippen LogP contribution < -0.4 is 4.90 Å². The number of allylic oxidation sites excluding steroid dienone is 6. The van der Waals surface area contributed by atoms with Gasteiger partial charge in [-0.15, -0.1) is 0 Å². The number of benzene rings is 3. The fourth-order valence-electron chi connectivity index (χ4n) is 6.97. The Labute approximate surface area is 242 Å². The Hall–Kier alpha value is -3.81. The summed E-state index contributed by atoms with van der Waals surface area (Å²) in [6.07, 6.45) is 3.71. The van der Waals surface area contributed by atoms with Gasteiger partial charge in [0.25, 0.3) is 0 Å². The molecule has 0 bridgehead atoms. The Morgan fingerprint density at radius 3 is 2.42 bits per heavy atom. The maximum absolute atomic E-state index is 14.0. The van der Waals surface area contributed by atoms with E-state index in [1.165, 1.54) is 11.0 Å². The summed E-state index contributed by atoms with van der Waals surface area (Å²) in [6.45, 7) is 0. The minimum Gasteiger partial charge on any atom is -0.508 e. The maximum atomic E-state index is 14.0. The van der Waals surface area contributed by atoms with Gasteiger partial charge in [-0.1, -0.05) is 53.6 Å². The van der Waals surface area contributed by atoms with Crippen LogP contribution >= 0.6 is 27.5 Å². The second-order valence-corrected chi connectivity index (χ2v) is 11.9. The molecule has 0 aromatic heterocycles. The van der Waals surface area contributed by atoms with Crippen molar-refractivity contribution in [3.05, 3.63) is 105 Å². The number of aromatic hydroxyl groups is 1. The first-order valence-electron chi connectivity index (χ1n) is 13.0. The minimum atomic E-state index is -0.735. The minimum absolute atomic E-state index is 0.00436. The molecule has 0 radical (unpaired) electrons. The Morgan fingerprint density at radius 1 is 0.900 bits per heavy atom. The van der Waals surface area contributed by atoms with Crippen molar-refractivity contribution < 1.29 is 24.3 Å². The summed E-state index contributed by atoms with van der Waals surface area (Å²) in [4.78, 5) is 55.8. The van der Waals surface area contributed by atoms with Crippen molar-refractivity contribution in [1.82, 2.24) is 0 Å². The number of carbonyl (C=O) groups excluding carboxylic acids is 4. The zero-order chi connectivity index (χ0) is 27.9. The van der Waals surface area contributed by atoms with Crippen LogP contribution in [0.25, 0.3) is 10.8 Å². The molecule has 3 aromatic rings. The van der Waals surface area contributed by atoms with Gasteiger partial charge >= 0.3 is 0 Å². The van der Waals surface area contributed by atoms with E-state index < -0.39 is 23.7 Å². The zero-order valence-corrected chi connectivity index (χ0v) is 23.3. The first-order chi connectivity index (χ1) is 19.3. The molecule has 198 valence electrons. The van der Waals surface area contributed by atoms with Crippen LogP contribution in [0.3, 0.4) is 0 Å². The molecule has 1 aliphatic heterocycles. The number of carbonyl (C=O) groups is 4. The number of hydrogen-bond acceptors (Lipinski definition) is 5. The predicted octanol–water partition coefficient (Wildman–Crippen LogP) is 6.17. The molecule has 1 heterocycles. The Kier molecular flexibility index (Phi) is 5.74. The highest BCUT2D eigenvalue weighted by atomic mass is 79.9. The summed E-state index contributed by atoms with van der Waals surface area (Å²) in [5.41, 5.74) is 2.41. The van der Waals surface area contributed by atoms with Crippen molar-refractivity contribution in [3.63, 3.8) is 0 Å². The van der Waals surface area contributed by atoms with Crippen LogP contribution in [0, 0.1) is 17.8 Å². The largest absolute Gasteiger partial charge is 0.508 e.